The topological polar surface area (TPSA) is 35.1 Å². The Balaban J connectivity index is 1.72. The largest absolute Gasteiger partial charge is 0.497 e. The van der Waals surface area contributed by atoms with E-state index >= 15 is 0 Å². The molecule has 3 heteroatoms. The molecule has 23 heavy (non-hydrogen) atoms. The Labute approximate surface area is 136 Å². The molecule has 0 radical (unpaired) electrons. The maximum absolute atomic E-state index is 5.46. The van der Waals surface area contributed by atoms with Crippen molar-refractivity contribution in [2.75, 3.05) is 14.2 Å². The molecule has 0 fully saturated rings. The first-order valence-corrected chi connectivity index (χ1v) is 7.81. The van der Waals surface area contributed by atoms with Gasteiger partial charge in [-0.05, 0) is 22.9 Å². The molecule has 3 aromatic carbocycles. The summed E-state index contributed by atoms with van der Waals surface area (Å²) < 4.78 is 10.7. The Hall–Kier alpha value is -2.52. The van der Waals surface area contributed by atoms with Gasteiger partial charge in [0.2, 0.25) is 0 Å². The number of benzene rings is 3. The zero-order chi connectivity index (χ0) is 16.1. The average molecular weight is 308 g/mol. The second kappa shape index (κ2) is 7.16. The van der Waals surface area contributed by atoms with Crippen molar-refractivity contribution in [2.24, 2.45) is 0 Å². The van der Waals surface area contributed by atoms with Crippen LogP contribution in [0.5, 0.6) is 11.5 Å². The van der Waals surface area contributed by atoms with E-state index in [2.05, 4.69) is 53.8 Å². The maximum Gasteiger partial charge on any atom is 0.131 e. The first-order chi connectivity index (χ1) is 11.3. The van der Waals surface area contributed by atoms with Gasteiger partial charge in [0.25, 0.3) is 0 Å². The molecule has 0 atom stereocenters. The monoisotopic (exact) mass is 308 g/mol. The Morgan fingerprint density at radius 3 is 2.39 bits per heavy atom. The van der Waals surface area contributed by atoms with E-state index in [1.807, 2.05) is 12.1 Å². The van der Waals surface area contributed by atoms with Gasteiger partial charge in [0.1, 0.15) is 24.6 Å². The zero-order valence-corrected chi connectivity index (χ0v) is 13.6. The summed E-state index contributed by atoms with van der Waals surface area (Å²) in [6.45, 7) is 1.81. The van der Waals surface area contributed by atoms with Crippen molar-refractivity contribution < 1.29 is 14.8 Å². The molecule has 3 rings (SSSR count). The van der Waals surface area contributed by atoms with Gasteiger partial charge in [0.05, 0.1) is 14.2 Å². The van der Waals surface area contributed by atoms with Crippen LogP contribution in [0.25, 0.3) is 10.8 Å². The normalized spacial score (nSPS) is 10.7. The van der Waals surface area contributed by atoms with Crippen LogP contribution in [0, 0.1) is 0 Å². The van der Waals surface area contributed by atoms with Crippen molar-refractivity contribution >= 4 is 10.8 Å². The molecule has 0 spiro atoms. The number of methoxy groups -OCH3 is 2. The molecule has 0 aliphatic carbocycles. The van der Waals surface area contributed by atoms with Gasteiger partial charge in [-0.25, -0.2) is 0 Å². The van der Waals surface area contributed by atoms with E-state index in [0.29, 0.717) is 0 Å². The molecule has 3 nitrogen and oxygen atoms in total. The van der Waals surface area contributed by atoms with Crippen LogP contribution in [0.2, 0.25) is 0 Å². The van der Waals surface area contributed by atoms with E-state index < -0.39 is 0 Å². The fraction of sp³-hybridized carbons (Fsp3) is 0.200. The number of hydrogen-bond acceptors (Lipinski definition) is 2. The number of ether oxygens (including phenoxy) is 2. The Bertz CT molecular complexity index is 793. The highest BCUT2D eigenvalue weighted by Crippen LogP contribution is 2.24. The molecule has 0 bridgehead atoms. The Morgan fingerprint density at radius 2 is 1.57 bits per heavy atom. The van der Waals surface area contributed by atoms with Crippen LogP contribution in [0.15, 0.2) is 60.7 Å². The third-order valence-corrected chi connectivity index (χ3v) is 4.10. The first-order valence-electron chi connectivity index (χ1n) is 7.81. The Morgan fingerprint density at radius 1 is 0.783 bits per heavy atom. The van der Waals surface area contributed by atoms with Gasteiger partial charge >= 0.3 is 0 Å². The molecular weight excluding hydrogens is 286 g/mol. The predicted octanol–water partition coefficient (Wildman–Crippen LogP) is 3.12. The lowest BCUT2D eigenvalue weighted by molar-refractivity contribution is -0.686. The van der Waals surface area contributed by atoms with Crippen molar-refractivity contribution in [1.29, 1.82) is 0 Å². The summed E-state index contributed by atoms with van der Waals surface area (Å²) in [6.07, 6.45) is 0. The molecule has 0 aliphatic heterocycles. The van der Waals surface area contributed by atoms with Crippen molar-refractivity contribution in [2.45, 2.75) is 13.1 Å². The van der Waals surface area contributed by atoms with Crippen molar-refractivity contribution in [3.63, 3.8) is 0 Å². The summed E-state index contributed by atoms with van der Waals surface area (Å²) in [4.78, 5) is 0. The van der Waals surface area contributed by atoms with E-state index in [9.17, 15) is 0 Å². The van der Waals surface area contributed by atoms with Crippen LogP contribution < -0.4 is 14.8 Å². The smallest absolute Gasteiger partial charge is 0.131 e. The first kappa shape index (κ1) is 15.4. The SMILES string of the molecule is COc1ccc(C[NH2+]Cc2cccc3ccccc23)c(OC)c1. The quantitative estimate of drug-likeness (QED) is 0.759. The van der Waals surface area contributed by atoms with Gasteiger partial charge in [-0.2, -0.15) is 0 Å². The Kier molecular flexibility index (Phi) is 4.79. The van der Waals surface area contributed by atoms with Crippen LogP contribution in [-0.2, 0) is 13.1 Å². The zero-order valence-electron chi connectivity index (χ0n) is 13.6. The third-order valence-electron chi connectivity index (χ3n) is 4.10. The molecule has 0 unspecified atom stereocenters. The second-order valence-corrected chi connectivity index (χ2v) is 5.51. The van der Waals surface area contributed by atoms with E-state index in [1.165, 1.54) is 21.9 Å². The van der Waals surface area contributed by atoms with Gasteiger partial charge in [0.15, 0.2) is 0 Å². The molecule has 0 heterocycles. The minimum atomic E-state index is 0.819. The molecule has 0 saturated carbocycles. The van der Waals surface area contributed by atoms with Gasteiger partial charge in [-0.1, -0.05) is 42.5 Å². The van der Waals surface area contributed by atoms with Crippen molar-refractivity contribution in [3.8, 4) is 11.5 Å². The second-order valence-electron chi connectivity index (χ2n) is 5.51. The van der Waals surface area contributed by atoms with Gasteiger partial charge < -0.3 is 14.8 Å². The lowest BCUT2D eigenvalue weighted by Crippen LogP contribution is -2.80. The maximum atomic E-state index is 5.46. The lowest BCUT2D eigenvalue weighted by atomic mass is 10.0. The molecule has 0 amide bonds. The number of fused-ring (bicyclic) bond motifs is 1. The van der Waals surface area contributed by atoms with Crippen molar-refractivity contribution in [3.05, 3.63) is 71.8 Å². The highest BCUT2D eigenvalue weighted by Gasteiger charge is 2.08. The van der Waals surface area contributed by atoms with Crippen LogP contribution in [0.1, 0.15) is 11.1 Å². The van der Waals surface area contributed by atoms with E-state index in [0.717, 1.165) is 24.6 Å². The summed E-state index contributed by atoms with van der Waals surface area (Å²) in [6, 6.07) is 21.0. The molecule has 118 valence electrons. The molecular formula is C20H22NO2+. The lowest BCUT2D eigenvalue weighted by Gasteiger charge is -2.10. The van der Waals surface area contributed by atoms with E-state index in [-0.39, 0.29) is 0 Å². The summed E-state index contributed by atoms with van der Waals surface area (Å²) in [5, 5.41) is 4.92. The fourth-order valence-electron chi connectivity index (χ4n) is 2.87. The standard InChI is InChI=1S/C20H21NO2/c1-22-18-11-10-17(20(12-18)23-2)14-21-13-16-8-5-7-15-6-3-4-9-19(15)16/h3-12,21H,13-14H2,1-2H3/p+1. The highest BCUT2D eigenvalue weighted by atomic mass is 16.5. The van der Waals surface area contributed by atoms with Crippen molar-refractivity contribution in [1.82, 2.24) is 0 Å². The molecule has 3 aromatic rings. The summed E-state index contributed by atoms with van der Waals surface area (Å²) in [5.41, 5.74) is 2.53. The average Bonchev–Trinajstić information content (AvgIpc) is 2.62. The van der Waals surface area contributed by atoms with Gasteiger partial charge in [-0.15, -0.1) is 0 Å². The highest BCUT2D eigenvalue weighted by molar-refractivity contribution is 5.85. The van der Waals surface area contributed by atoms with Crippen LogP contribution in [0.3, 0.4) is 0 Å². The number of rotatable bonds is 6. The number of hydrogen-bond donors (Lipinski definition) is 1. The number of nitrogens with two attached hydrogens (primary N) is 1. The molecule has 0 aromatic heterocycles. The van der Waals surface area contributed by atoms with E-state index in [1.54, 1.807) is 14.2 Å². The molecule has 0 aliphatic rings. The third kappa shape index (κ3) is 3.46. The van der Waals surface area contributed by atoms with Crippen LogP contribution in [0.4, 0.5) is 0 Å². The summed E-state index contributed by atoms with van der Waals surface area (Å²) in [7, 11) is 3.37. The van der Waals surface area contributed by atoms with Gasteiger partial charge in [-0.3, -0.25) is 0 Å². The van der Waals surface area contributed by atoms with Crippen LogP contribution >= 0.6 is 0 Å². The molecule has 0 saturated heterocycles. The van der Waals surface area contributed by atoms with Crippen LogP contribution in [-0.4, -0.2) is 14.2 Å². The number of quaternary nitrogens is 1. The fourth-order valence-corrected chi connectivity index (χ4v) is 2.87. The molecule has 2 N–H and O–H groups in total. The predicted molar refractivity (Wildman–Crippen MR) is 92.8 cm³/mol. The van der Waals surface area contributed by atoms with E-state index in [4.69, 9.17) is 9.47 Å². The minimum Gasteiger partial charge on any atom is -0.497 e. The summed E-state index contributed by atoms with van der Waals surface area (Å²) >= 11 is 0. The van der Waals surface area contributed by atoms with Gasteiger partial charge in [0, 0.05) is 17.2 Å². The minimum absolute atomic E-state index is 0.819. The summed E-state index contributed by atoms with van der Waals surface area (Å²) in [5.74, 6) is 1.69.